The van der Waals surface area contributed by atoms with Crippen LogP contribution in [0.2, 0.25) is 0 Å². The van der Waals surface area contributed by atoms with Crippen molar-refractivity contribution in [1.82, 2.24) is 10.2 Å². The molecule has 1 saturated heterocycles. The Balaban J connectivity index is 1.65. The molecule has 0 radical (unpaired) electrons. The summed E-state index contributed by atoms with van der Waals surface area (Å²) >= 11 is 1.44. The fourth-order valence-corrected chi connectivity index (χ4v) is 3.55. The van der Waals surface area contributed by atoms with E-state index in [1.807, 2.05) is 12.1 Å². The number of amides is 1. The van der Waals surface area contributed by atoms with E-state index >= 15 is 0 Å². The monoisotopic (exact) mass is 318 g/mol. The number of nitrogens with one attached hydrogen (secondary N) is 1. The standard InChI is InChI=1S/C17H19FN2OS/c1-20-10-8-14(9-11-20)19-17(21)16-7-6-15(22-16)12-2-4-13(18)5-3-12/h2-7,14H,8-11H2,1H3,(H,19,21). The van der Waals surface area contributed by atoms with Crippen LogP contribution in [0.25, 0.3) is 10.4 Å². The lowest BCUT2D eigenvalue weighted by Gasteiger charge is -2.29. The summed E-state index contributed by atoms with van der Waals surface area (Å²) in [6.45, 7) is 2.05. The Morgan fingerprint density at radius 2 is 1.86 bits per heavy atom. The van der Waals surface area contributed by atoms with Crippen LogP contribution in [-0.2, 0) is 0 Å². The summed E-state index contributed by atoms with van der Waals surface area (Å²) in [5.74, 6) is -0.256. The fourth-order valence-electron chi connectivity index (χ4n) is 2.64. The van der Waals surface area contributed by atoms with Gasteiger partial charge in [0.1, 0.15) is 5.82 Å². The highest BCUT2D eigenvalue weighted by Crippen LogP contribution is 2.28. The minimum atomic E-state index is -0.250. The number of hydrogen-bond donors (Lipinski definition) is 1. The third kappa shape index (κ3) is 3.54. The first-order chi connectivity index (χ1) is 10.6. The molecule has 0 atom stereocenters. The van der Waals surface area contributed by atoms with Gasteiger partial charge in [-0.25, -0.2) is 4.39 Å². The van der Waals surface area contributed by atoms with Gasteiger partial charge in [-0.1, -0.05) is 12.1 Å². The molecule has 1 aliphatic rings. The number of halogens is 1. The molecule has 0 unspecified atom stereocenters. The number of carbonyl (C=O) groups excluding carboxylic acids is 1. The van der Waals surface area contributed by atoms with Crippen LogP contribution in [0.15, 0.2) is 36.4 Å². The average Bonchev–Trinajstić information content (AvgIpc) is 3.00. The van der Waals surface area contributed by atoms with Gasteiger partial charge in [0.05, 0.1) is 4.88 Å². The van der Waals surface area contributed by atoms with Crippen LogP contribution in [0.5, 0.6) is 0 Å². The highest BCUT2D eigenvalue weighted by molar-refractivity contribution is 7.17. The van der Waals surface area contributed by atoms with E-state index in [0.717, 1.165) is 36.4 Å². The lowest BCUT2D eigenvalue weighted by molar-refractivity contribution is 0.0921. The van der Waals surface area contributed by atoms with Crippen LogP contribution in [-0.4, -0.2) is 37.0 Å². The maximum atomic E-state index is 13.0. The molecule has 3 nitrogen and oxygen atoms in total. The Bertz CT molecular complexity index is 645. The van der Waals surface area contributed by atoms with Crippen molar-refractivity contribution >= 4 is 17.2 Å². The van der Waals surface area contributed by atoms with Gasteiger partial charge in [-0.3, -0.25) is 4.79 Å². The molecule has 1 aromatic carbocycles. The smallest absolute Gasteiger partial charge is 0.261 e. The van der Waals surface area contributed by atoms with Gasteiger partial charge < -0.3 is 10.2 Å². The molecule has 0 bridgehead atoms. The van der Waals surface area contributed by atoms with Crippen molar-refractivity contribution in [2.45, 2.75) is 18.9 Å². The number of likely N-dealkylation sites (tertiary alicyclic amines) is 1. The van der Waals surface area contributed by atoms with Crippen LogP contribution >= 0.6 is 11.3 Å². The molecule has 0 saturated carbocycles. The van der Waals surface area contributed by atoms with Crippen molar-refractivity contribution in [3.05, 3.63) is 47.1 Å². The summed E-state index contributed by atoms with van der Waals surface area (Å²) < 4.78 is 13.0. The number of rotatable bonds is 3. The number of benzene rings is 1. The van der Waals surface area contributed by atoms with E-state index in [0.29, 0.717) is 4.88 Å². The minimum Gasteiger partial charge on any atom is -0.349 e. The molecule has 1 fully saturated rings. The second-order valence-corrected chi connectivity index (χ2v) is 6.81. The molecule has 0 aliphatic carbocycles. The molecule has 1 aromatic heterocycles. The van der Waals surface area contributed by atoms with E-state index in [1.54, 1.807) is 12.1 Å². The Hall–Kier alpha value is -1.72. The minimum absolute atomic E-state index is 0.00656. The Kier molecular flexibility index (Phi) is 4.55. The number of thiophene rings is 1. The summed E-state index contributed by atoms with van der Waals surface area (Å²) in [7, 11) is 2.10. The van der Waals surface area contributed by atoms with Gasteiger partial charge in [0.25, 0.3) is 5.91 Å². The Morgan fingerprint density at radius 3 is 2.55 bits per heavy atom. The van der Waals surface area contributed by atoms with E-state index in [-0.39, 0.29) is 17.8 Å². The molecule has 2 heterocycles. The zero-order chi connectivity index (χ0) is 15.5. The lowest BCUT2D eigenvalue weighted by Crippen LogP contribution is -2.43. The van der Waals surface area contributed by atoms with Crippen molar-refractivity contribution < 1.29 is 9.18 Å². The second-order valence-electron chi connectivity index (χ2n) is 5.72. The fraction of sp³-hybridized carbons (Fsp3) is 0.353. The third-order valence-electron chi connectivity index (χ3n) is 4.01. The summed E-state index contributed by atoms with van der Waals surface area (Å²) in [5.41, 5.74) is 0.935. The zero-order valence-corrected chi connectivity index (χ0v) is 13.3. The van der Waals surface area contributed by atoms with Gasteiger partial charge in [-0.2, -0.15) is 0 Å². The van der Waals surface area contributed by atoms with E-state index in [1.165, 1.54) is 23.5 Å². The molecule has 0 spiro atoms. The van der Waals surface area contributed by atoms with Crippen molar-refractivity contribution in [1.29, 1.82) is 0 Å². The van der Waals surface area contributed by atoms with Crippen LogP contribution in [0.1, 0.15) is 22.5 Å². The molecule has 1 aliphatic heterocycles. The summed E-state index contributed by atoms with van der Waals surface area (Å²) in [4.78, 5) is 16.3. The molecule has 1 amide bonds. The van der Waals surface area contributed by atoms with E-state index in [4.69, 9.17) is 0 Å². The third-order valence-corrected chi connectivity index (χ3v) is 5.15. The van der Waals surface area contributed by atoms with Crippen molar-refractivity contribution in [2.75, 3.05) is 20.1 Å². The molecule has 22 heavy (non-hydrogen) atoms. The number of piperidine rings is 1. The van der Waals surface area contributed by atoms with Crippen molar-refractivity contribution in [2.24, 2.45) is 0 Å². The first-order valence-electron chi connectivity index (χ1n) is 7.47. The molecule has 2 aromatic rings. The van der Waals surface area contributed by atoms with E-state index in [2.05, 4.69) is 17.3 Å². The Labute approximate surface area is 133 Å². The van der Waals surface area contributed by atoms with Gasteiger partial charge in [-0.05, 0) is 62.8 Å². The zero-order valence-electron chi connectivity index (χ0n) is 12.5. The molecular formula is C17H19FN2OS. The number of carbonyl (C=O) groups is 1. The second kappa shape index (κ2) is 6.58. The average molecular weight is 318 g/mol. The topological polar surface area (TPSA) is 32.3 Å². The molecule has 116 valence electrons. The molecule has 1 N–H and O–H groups in total. The summed E-state index contributed by atoms with van der Waals surface area (Å²) in [6.07, 6.45) is 2.00. The number of hydrogen-bond acceptors (Lipinski definition) is 3. The SMILES string of the molecule is CN1CCC(NC(=O)c2ccc(-c3ccc(F)cc3)s2)CC1. The molecule has 5 heteroatoms. The predicted octanol–water partition coefficient (Wildman–Crippen LogP) is 3.38. The lowest BCUT2D eigenvalue weighted by atomic mass is 10.1. The largest absolute Gasteiger partial charge is 0.349 e. The molecular weight excluding hydrogens is 299 g/mol. The molecule has 3 rings (SSSR count). The highest BCUT2D eigenvalue weighted by Gasteiger charge is 2.20. The van der Waals surface area contributed by atoms with E-state index in [9.17, 15) is 9.18 Å². The normalized spacial score (nSPS) is 16.6. The highest BCUT2D eigenvalue weighted by atomic mass is 32.1. The van der Waals surface area contributed by atoms with E-state index < -0.39 is 0 Å². The van der Waals surface area contributed by atoms with Crippen LogP contribution < -0.4 is 5.32 Å². The summed E-state index contributed by atoms with van der Waals surface area (Å²) in [6, 6.07) is 10.4. The van der Waals surface area contributed by atoms with Gasteiger partial charge in [0.15, 0.2) is 0 Å². The first-order valence-corrected chi connectivity index (χ1v) is 8.28. The first kappa shape index (κ1) is 15.2. The van der Waals surface area contributed by atoms with Crippen molar-refractivity contribution in [3.8, 4) is 10.4 Å². The number of nitrogens with zero attached hydrogens (tertiary/aromatic N) is 1. The maximum absolute atomic E-state index is 13.0. The van der Waals surface area contributed by atoms with Gasteiger partial charge >= 0.3 is 0 Å². The van der Waals surface area contributed by atoms with Crippen LogP contribution in [0.4, 0.5) is 4.39 Å². The maximum Gasteiger partial charge on any atom is 0.261 e. The van der Waals surface area contributed by atoms with Crippen LogP contribution in [0.3, 0.4) is 0 Å². The predicted molar refractivity (Wildman–Crippen MR) is 87.7 cm³/mol. The van der Waals surface area contributed by atoms with Gasteiger partial charge in [0, 0.05) is 10.9 Å². The summed E-state index contributed by atoms with van der Waals surface area (Å²) in [5, 5.41) is 3.11. The Morgan fingerprint density at radius 1 is 1.18 bits per heavy atom. The van der Waals surface area contributed by atoms with Crippen molar-refractivity contribution in [3.63, 3.8) is 0 Å². The van der Waals surface area contributed by atoms with Crippen LogP contribution in [0, 0.1) is 5.82 Å². The van der Waals surface area contributed by atoms with Gasteiger partial charge in [0.2, 0.25) is 0 Å². The quantitative estimate of drug-likeness (QED) is 0.941. The van der Waals surface area contributed by atoms with Gasteiger partial charge in [-0.15, -0.1) is 11.3 Å².